The Kier molecular flexibility index (Phi) is 5.51. The van der Waals surface area contributed by atoms with E-state index in [4.69, 9.17) is 4.74 Å². The Bertz CT molecular complexity index is 640. The van der Waals surface area contributed by atoms with Crippen molar-refractivity contribution in [3.05, 3.63) is 45.9 Å². The average molecular weight is 319 g/mol. The van der Waals surface area contributed by atoms with Gasteiger partial charge in [-0.1, -0.05) is 12.1 Å². The van der Waals surface area contributed by atoms with Crippen LogP contribution in [0.3, 0.4) is 0 Å². The van der Waals surface area contributed by atoms with Gasteiger partial charge in [0.15, 0.2) is 0 Å². The van der Waals surface area contributed by atoms with Crippen molar-refractivity contribution in [1.29, 1.82) is 0 Å². The van der Waals surface area contributed by atoms with Crippen LogP contribution in [-0.4, -0.2) is 43.5 Å². The van der Waals surface area contributed by atoms with E-state index >= 15 is 0 Å². The minimum Gasteiger partial charge on any atom is -0.497 e. The predicted molar refractivity (Wildman–Crippen MR) is 88.6 cm³/mol. The van der Waals surface area contributed by atoms with Gasteiger partial charge in [-0.15, -0.1) is 11.3 Å². The molecule has 1 N–H and O–H groups in total. The van der Waals surface area contributed by atoms with Gasteiger partial charge in [0.1, 0.15) is 10.6 Å². The largest absolute Gasteiger partial charge is 0.497 e. The van der Waals surface area contributed by atoms with Crippen LogP contribution < -0.4 is 10.1 Å². The molecule has 0 saturated carbocycles. The molecule has 0 saturated heterocycles. The minimum atomic E-state index is -0.0743. The molecule has 0 fully saturated rings. The van der Waals surface area contributed by atoms with E-state index in [1.807, 2.05) is 45.3 Å². The van der Waals surface area contributed by atoms with Gasteiger partial charge in [0.25, 0.3) is 5.91 Å². The highest BCUT2D eigenvalue weighted by Crippen LogP contribution is 2.22. The molecule has 0 unspecified atom stereocenters. The fourth-order valence-corrected chi connectivity index (χ4v) is 2.96. The van der Waals surface area contributed by atoms with Gasteiger partial charge in [0.2, 0.25) is 0 Å². The average Bonchev–Trinajstić information content (AvgIpc) is 2.93. The number of nitrogens with zero attached hydrogens (tertiary/aromatic N) is 2. The highest BCUT2D eigenvalue weighted by atomic mass is 32.1. The van der Waals surface area contributed by atoms with Crippen molar-refractivity contribution in [2.45, 2.75) is 13.0 Å². The lowest BCUT2D eigenvalue weighted by molar-refractivity contribution is 0.0945. The monoisotopic (exact) mass is 319 g/mol. The number of ether oxygens (including phenoxy) is 1. The molecule has 0 aliphatic rings. The van der Waals surface area contributed by atoms with Crippen LogP contribution in [0.1, 0.15) is 27.0 Å². The molecule has 0 bridgehead atoms. The maximum absolute atomic E-state index is 12.2. The van der Waals surface area contributed by atoms with E-state index in [2.05, 4.69) is 15.2 Å². The Morgan fingerprint density at radius 1 is 1.45 bits per heavy atom. The molecular weight excluding hydrogens is 298 g/mol. The minimum absolute atomic E-state index is 0.0743. The second-order valence-electron chi connectivity index (χ2n) is 5.23. The third-order valence-electron chi connectivity index (χ3n) is 3.51. The number of rotatable bonds is 6. The van der Waals surface area contributed by atoms with E-state index in [0.717, 1.165) is 17.0 Å². The summed E-state index contributed by atoms with van der Waals surface area (Å²) in [5.41, 5.74) is 3.56. The summed E-state index contributed by atoms with van der Waals surface area (Å²) in [7, 11) is 5.64. The molecule has 2 aromatic rings. The Morgan fingerprint density at radius 2 is 2.23 bits per heavy atom. The van der Waals surface area contributed by atoms with Gasteiger partial charge in [-0.3, -0.25) is 4.79 Å². The first-order chi connectivity index (χ1) is 10.5. The van der Waals surface area contributed by atoms with Crippen molar-refractivity contribution >= 4 is 17.2 Å². The van der Waals surface area contributed by atoms with Crippen LogP contribution >= 0.6 is 11.3 Å². The number of carbonyl (C=O) groups excluding carboxylic acids is 1. The zero-order chi connectivity index (χ0) is 16.1. The SMILES string of the molecule is COc1cccc([C@@H](CNC(=O)c2scnc2C)N(C)C)c1. The smallest absolute Gasteiger partial charge is 0.263 e. The predicted octanol–water partition coefficient (Wildman–Crippen LogP) is 2.49. The molecule has 1 aromatic heterocycles. The van der Waals surface area contributed by atoms with Crippen molar-refractivity contribution in [1.82, 2.24) is 15.2 Å². The Balaban J connectivity index is 2.09. The molecule has 22 heavy (non-hydrogen) atoms. The first-order valence-electron chi connectivity index (χ1n) is 7.01. The highest BCUT2D eigenvalue weighted by molar-refractivity contribution is 7.11. The fourth-order valence-electron chi connectivity index (χ4n) is 2.24. The number of carbonyl (C=O) groups is 1. The zero-order valence-corrected chi connectivity index (χ0v) is 14.1. The fraction of sp³-hybridized carbons (Fsp3) is 0.375. The van der Waals surface area contributed by atoms with Crippen molar-refractivity contribution in [2.75, 3.05) is 27.7 Å². The van der Waals surface area contributed by atoms with Crippen LogP contribution in [0, 0.1) is 6.92 Å². The van der Waals surface area contributed by atoms with E-state index in [-0.39, 0.29) is 11.9 Å². The number of amides is 1. The van der Waals surface area contributed by atoms with Crippen molar-refractivity contribution in [3.63, 3.8) is 0 Å². The van der Waals surface area contributed by atoms with Crippen LogP contribution in [0.25, 0.3) is 0 Å². The molecule has 0 spiro atoms. The van der Waals surface area contributed by atoms with E-state index in [9.17, 15) is 4.79 Å². The van der Waals surface area contributed by atoms with Gasteiger partial charge in [-0.2, -0.15) is 0 Å². The summed E-state index contributed by atoms with van der Waals surface area (Å²) in [5.74, 6) is 0.740. The maximum atomic E-state index is 12.2. The van der Waals surface area contributed by atoms with Gasteiger partial charge in [0, 0.05) is 6.54 Å². The third kappa shape index (κ3) is 3.84. The molecule has 1 atom stereocenters. The summed E-state index contributed by atoms with van der Waals surface area (Å²) >= 11 is 1.36. The molecular formula is C16H21N3O2S. The first kappa shape index (κ1) is 16.5. The normalized spacial score (nSPS) is 12.2. The number of hydrogen-bond donors (Lipinski definition) is 1. The molecule has 0 aliphatic carbocycles. The number of nitrogens with one attached hydrogen (secondary N) is 1. The van der Waals surface area contributed by atoms with E-state index < -0.39 is 0 Å². The van der Waals surface area contributed by atoms with Crippen LogP contribution in [0.4, 0.5) is 0 Å². The molecule has 0 radical (unpaired) electrons. The molecule has 1 heterocycles. The maximum Gasteiger partial charge on any atom is 0.263 e. The third-order valence-corrected chi connectivity index (χ3v) is 4.44. The van der Waals surface area contributed by atoms with Crippen molar-refractivity contribution < 1.29 is 9.53 Å². The molecule has 1 amide bonds. The van der Waals surface area contributed by atoms with Gasteiger partial charge in [-0.25, -0.2) is 4.98 Å². The summed E-state index contributed by atoms with van der Waals surface area (Å²) in [6.45, 7) is 2.37. The van der Waals surface area contributed by atoms with E-state index in [0.29, 0.717) is 11.4 Å². The first-order valence-corrected chi connectivity index (χ1v) is 7.89. The second kappa shape index (κ2) is 7.38. The van der Waals surface area contributed by atoms with Crippen LogP contribution in [-0.2, 0) is 0 Å². The van der Waals surface area contributed by atoms with E-state index in [1.165, 1.54) is 11.3 Å². The number of hydrogen-bond acceptors (Lipinski definition) is 5. The Labute approximate surface area is 134 Å². The van der Waals surface area contributed by atoms with Crippen LogP contribution in [0.2, 0.25) is 0 Å². The summed E-state index contributed by atoms with van der Waals surface area (Å²) in [6.07, 6.45) is 0. The molecule has 5 nitrogen and oxygen atoms in total. The van der Waals surface area contributed by atoms with Crippen LogP contribution in [0.5, 0.6) is 5.75 Å². The van der Waals surface area contributed by atoms with E-state index in [1.54, 1.807) is 12.6 Å². The lowest BCUT2D eigenvalue weighted by Gasteiger charge is -2.25. The number of methoxy groups -OCH3 is 1. The van der Waals surface area contributed by atoms with Gasteiger partial charge >= 0.3 is 0 Å². The molecule has 118 valence electrons. The molecule has 1 aromatic carbocycles. The summed E-state index contributed by atoms with van der Waals surface area (Å²) in [6, 6.07) is 7.98. The number of aromatic nitrogens is 1. The highest BCUT2D eigenvalue weighted by Gasteiger charge is 2.18. The molecule has 6 heteroatoms. The molecule has 0 aliphatic heterocycles. The lowest BCUT2D eigenvalue weighted by atomic mass is 10.1. The number of thiazole rings is 1. The number of benzene rings is 1. The van der Waals surface area contributed by atoms with Gasteiger partial charge in [0.05, 0.1) is 24.4 Å². The molecule has 2 rings (SSSR count). The standard InChI is InChI=1S/C16H21N3O2S/c1-11-15(22-10-18-11)16(20)17-9-14(19(2)3)12-6-5-7-13(8-12)21-4/h5-8,10,14H,9H2,1-4H3,(H,17,20)/t14-/m1/s1. The Hall–Kier alpha value is -1.92. The topological polar surface area (TPSA) is 54.5 Å². The summed E-state index contributed by atoms with van der Waals surface area (Å²) in [4.78, 5) is 19.1. The van der Waals surface area contributed by atoms with Gasteiger partial charge in [-0.05, 0) is 38.7 Å². The Morgan fingerprint density at radius 3 is 2.82 bits per heavy atom. The summed E-state index contributed by atoms with van der Waals surface area (Å²) < 4.78 is 5.27. The second-order valence-corrected chi connectivity index (χ2v) is 6.09. The number of aryl methyl sites for hydroxylation is 1. The van der Waals surface area contributed by atoms with Gasteiger partial charge < -0.3 is 15.0 Å². The van der Waals surface area contributed by atoms with Crippen molar-refractivity contribution in [2.24, 2.45) is 0 Å². The lowest BCUT2D eigenvalue weighted by Crippen LogP contribution is -2.34. The van der Waals surface area contributed by atoms with Crippen LogP contribution in [0.15, 0.2) is 29.8 Å². The zero-order valence-electron chi connectivity index (χ0n) is 13.3. The quantitative estimate of drug-likeness (QED) is 0.889. The summed E-state index contributed by atoms with van der Waals surface area (Å²) in [5, 5.41) is 2.99. The number of likely N-dealkylation sites (N-methyl/N-ethyl adjacent to an activating group) is 1. The van der Waals surface area contributed by atoms with Crippen molar-refractivity contribution in [3.8, 4) is 5.75 Å².